The van der Waals surface area contributed by atoms with Crippen molar-refractivity contribution in [1.29, 1.82) is 0 Å². The smallest absolute Gasteiger partial charge is 0.127 e. The number of aromatic nitrogens is 2. The van der Waals surface area contributed by atoms with Gasteiger partial charge in [0.1, 0.15) is 11.6 Å². The van der Waals surface area contributed by atoms with Gasteiger partial charge in [0.2, 0.25) is 0 Å². The van der Waals surface area contributed by atoms with E-state index in [-0.39, 0.29) is 5.54 Å². The molecule has 114 valence electrons. The number of nitrogens with zero attached hydrogens (tertiary/aromatic N) is 2. The first kappa shape index (κ1) is 15.7. The fourth-order valence-electron chi connectivity index (χ4n) is 3.23. The predicted octanol–water partition coefficient (Wildman–Crippen LogP) is 4.17. The summed E-state index contributed by atoms with van der Waals surface area (Å²) in [7, 11) is 0. The minimum Gasteiger partial charge on any atom is -0.384 e. The summed E-state index contributed by atoms with van der Waals surface area (Å²) in [5.74, 6) is 3.94. The van der Waals surface area contributed by atoms with E-state index in [0.29, 0.717) is 5.92 Å². The SMILES string of the molecule is CSCCCc1nc(C2CCCC2)n(C(C)(C)C)c1N. The average Bonchev–Trinajstić information content (AvgIpc) is 2.96. The molecule has 0 bridgehead atoms. The van der Waals surface area contributed by atoms with E-state index in [9.17, 15) is 0 Å². The fraction of sp³-hybridized carbons (Fsp3) is 0.812. The van der Waals surface area contributed by atoms with Crippen LogP contribution in [0.3, 0.4) is 0 Å². The molecular weight excluding hydrogens is 266 g/mol. The molecule has 1 aromatic rings. The molecule has 0 amide bonds. The van der Waals surface area contributed by atoms with Gasteiger partial charge >= 0.3 is 0 Å². The molecule has 1 saturated carbocycles. The van der Waals surface area contributed by atoms with E-state index in [1.54, 1.807) is 0 Å². The summed E-state index contributed by atoms with van der Waals surface area (Å²) in [5.41, 5.74) is 7.58. The molecule has 0 aliphatic heterocycles. The Balaban J connectivity index is 2.30. The minimum absolute atomic E-state index is 0.0206. The van der Waals surface area contributed by atoms with Gasteiger partial charge in [-0.25, -0.2) is 4.98 Å². The van der Waals surface area contributed by atoms with Crippen molar-refractivity contribution in [3.63, 3.8) is 0 Å². The molecule has 20 heavy (non-hydrogen) atoms. The van der Waals surface area contributed by atoms with Gasteiger partial charge in [-0.3, -0.25) is 0 Å². The standard InChI is InChI=1S/C16H29N3S/c1-16(2,3)19-14(17)13(10-7-11-20-4)18-15(19)12-8-5-6-9-12/h12H,5-11,17H2,1-4H3. The second-order valence-electron chi connectivity index (χ2n) is 6.89. The first-order valence-corrected chi connectivity index (χ1v) is 9.21. The molecule has 1 aromatic heterocycles. The van der Waals surface area contributed by atoms with Crippen LogP contribution in [-0.4, -0.2) is 21.6 Å². The highest BCUT2D eigenvalue weighted by Crippen LogP contribution is 2.38. The largest absolute Gasteiger partial charge is 0.384 e. The molecule has 1 fully saturated rings. The third-order valence-electron chi connectivity index (χ3n) is 4.17. The van der Waals surface area contributed by atoms with Crippen molar-refractivity contribution in [2.24, 2.45) is 0 Å². The second kappa shape index (κ2) is 6.42. The van der Waals surface area contributed by atoms with Gasteiger partial charge in [0, 0.05) is 11.5 Å². The van der Waals surface area contributed by atoms with Gasteiger partial charge in [0.05, 0.1) is 5.69 Å². The average molecular weight is 295 g/mol. The highest BCUT2D eigenvalue weighted by molar-refractivity contribution is 7.98. The summed E-state index contributed by atoms with van der Waals surface area (Å²) in [4.78, 5) is 4.96. The Hall–Kier alpha value is -0.640. The van der Waals surface area contributed by atoms with Crippen LogP contribution in [0.25, 0.3) is 0 Å². The lowest BCUT2D eigenvalue weighted by molar-refractivity contribution is 0.377. The first-order valence-electron chi connectivity index (χ1n) is 7.81. The highest BCUT2D eigenvalue weighted by Gasteiger charge is 2.29. The van der Waals surface area contributed by atoms with Crippen molar-refractivity contribution in [1.82, 2.24) is 9.55 Å². The number of nitrogen functional groups attached to an aromatic ring is 1. The normalized spacial score (nSPS) is 17.0. The van der Waals surface area contributed by atoms with Gasteiger partial charge in [-0.2, -0.15) is 11.8 Å². The second-order valence-corrected chi connectivity index (χ2v) is 7.87. The number of rotatable bonds is 5. The molecule has 0 radical (unpaired) electrons. The molecule has 3 nitrogen and oxygen atoms in total. The van der Waals surface area contributed by atoms with Gasteiger partial charge in [0.15, 0.2) is 0 Å². The van der Waals surface area contributed by atoms with Gasteiger partial charge in [-0.1, -0.05) is 12.8 Å². The molecule has 4 heteroatoms. The van der Waals surface area contributed by atoms with Crippen molar-refractivity contribution in [3.8, 4) is 0 Å². The van der Waals surface area contributed by atoms with E-state index in [2.05, 4.69) is 31.6 Å². The van der Waals surface area contributed by atoms with Gasteiger partial charge in [-0.05, 0) is 58.5 Å². The van der Waals surface area contributed by atoms with E-state index in [0.717, 1.165) is 24.4 Å². The highest BCUT2D eigenvalue weighted by atomic mass is 32.2. The minimum atomic E-state index is 0.0206. The molecule has 0 unspecified atom stereocenters. The number of anilines is 1. The zero-order valence-electron chi connectivity index (χ0n) is 13.4. The monoisotopic (exact) mass is 295 g/mol. The topological polar surface area (TPSA) is 43.8 Å². The van der Waals surface area contributed by atoms with E-state index < -0.39 is 0 Å². The van der Waals surface area contributed by atoms with E-state index in [1.807, 2.05) is 11.8 Å². The number of hydrogen-bond acceptors (Lipinski definition) is 3. The van der Waals surface area contributed by atoms with E-state index in [1.165, 1.54) is 37.3 Å². The Bertz CT molecular complexity index is 439. The quantitative estimate of drug-likeness (QED) is 0.829. The summed E-state index contributed by atoms with van der Waals surface area (Å²) in [5, 5.41) is 0. The summed E-state index contributed by atoms with van der Waals surface area (Å²) in [6.07, 6.45) is 9.55. The van der Waals surface area contributed by atoms with E-state index >= 15 is 0 Å². The number of thioether (sulfide) groups is 1. The fourth-order valence-corrected chi connectivity index (χ4v) is 3.66. The van der Waals surface area contributed by atoms with Crippen molar-refractivity contribution in [2.75, 3.05) is 17.7 Å². The molecule has 2 rings (SSSR count). The van der Waals surface area contributed by atoms with Crippen LogP contribution < -0.4 is 5.73 Å². The van der Waals surface area contributed by atoms with Crippen LogP contribution >= 0.6 is 11.8 Å². The van der Waals surface area contributed by atoms with Gasteiger partial charge in [0.25, 0.3) is 0 Å². The van der Waals surface area contributed by atoms with Crippen molar-refractivity contribution >= 4 is 17.6 Å². The maximum atomic E-state index is 6.43. The van der Waals surface area contributed by atoms with Crippen LogP contribution in [0.2, 0.25) is 0 Å². The zero-order valence-corrected chi connectivity index (χ0v) is 14.2. The van der Waals surface area contributed by atoms with Crippen LogP contribution in [0.4, 0.5) is 5.82 Å². The number of imidazole rings is 1. The Morgan fingerprint density at radius 1 is 1.30 bits per heavy atom. The number of aryl methyl sites for hydroxylation is 1. The molecule has 0 spiro atoms. The maximum Gasteiger partial charge on any atom is 0.127 e. The van der Waals surface area contributed by atoms with Crippen molar-refractivity contribution < 1.29 is 0 Å². The molecule has 0 aromatic carbocycles. The van der Waals surface area contributed by atoms with Gasteiger partial charge in [-0.15, -0.1) is 0 Å². The maximum absolute atomic E-state index is 6.43. The lowest BCUT2D eigenvalue weighted by Gasteiger charge is -2.27. The van der Waals surface area contributed by atoms with Crippen LogP contribution in [0.5, 0.6) is 0 Å². The number of nitrogens with two attached hydrogens (primary N) is 1. The molecule has 1 aliphatic carbocycles. The Kier molecular flexibility index (Phi) is 5.05. The molecule has 0 atom stereocenters. The van der Waals surface area contributed by atoms with Crippen LogP contribution in [0.1, 0.15) is 70.3 Å². The summed E-state index contributed by atoms with van der Waals surface area (Å²) in [6.45, 7) is 6.69. The van der Waals surface area contributed by atoms with Crippen LogP contribution in [-0.2, 0) is 12.0 Å². The van der Waals surface area contributed by atoms with Gasteiger partial charge < -0.3 is 10.3 Å². The van der Waals surface area contributed by atoms with E-state index in [4.69, 9.17) is 10.7 Å². The lowest BCUT2D eigenvalue weighted by atomic mass is 10.0. The number of hydrogen-bond donors (Lipinski definition) is 1. The predicted molar refractivity (Wildman–Crippen MR) is 89.5 cm³/mol. The molecule has 0 saturated heterocycles. The van der Waals surface area contributed by atoms with Crippen molar-refractivity contribution in [3.05, 3.63) is 11.5 Å². The molecule has 1 aliphatic rings. The Morgan fingerprint density at radius 2 is 1.95 bits per heavy atom. The van der Waals surface area contributed by atoms with Crippen molar-refractivity contribution in [2.45, 2.75) is 70.8 Å². The van der Waals surface area contributed by atoms with Crippen LogP contribution in [0, 0.1) is 0 Å². The Morgan fingerprint density at radius 3 is 2.50 bits per heavy atom. The summed E-state index contributed by atoms with van der Waals surface area (Å²) >= 11 is 1.89. The third kappa shape index (κ3) is 3.33. The third-order valence-corrected chi connectivity index (χ3v) is 4.87. The summed E-state index contributed by atoms with van der Waals surface area (Å²) in [6, 6.07) is 0. The Labute approximate surface area is 127 Å². The lowest BCUT2D eigenvalue weighted by Crippen LogP contribution is -2.26. The molecule has 1 heterocycles. The van der Waals surface area contributed by atoms with Crippen LogP contribution in [0.15, 0.2) is 0 Å². The first-order chi connectivity index (χ1) is 9.45. The molecule has 2 N–H and O–H groups in total. The summed E-state index contributed by atoms with van der Waals surface area (Å²) < 4.78 is 2.30. The molecular formula is C16H29N3S. The zero-order chi connectivity index (χ0) is 14.8.